The van der Waals surface area contributed by atoms with Crippen LogP contribution >= 0.6 is 23.2 Å². The normalized spacial score (nSPS) is 20.5. The van der Waals surface area contributed by atoms with E-state index in [0.717, 1.165) is 0 Å². The number of anilines is 1. The molecule has 2 heterocycles. The van der Waals surface area contributed by atoms with Crippen LogP contribution in [0.2, 0.25) is 10.0 Å². The Morgan fingerprint density at radius 3 is 2.59 bits per heavy atom. The van der Waals surface area contributed by atoms with Crippen LogP contribution in [0.25, 0.3) is 5.69 Å². The molecule has 3 aromatic rings. The van der Waals surface area contributed by atoms with Crippen LogP contribution in [0.1, 0.15) is 47.4 Å². The predicted octanol–water partition coefficient (Wildman–Crippen LogP) is 4.83. The summed E-state index contributed by atoms with van der Waals surface area (Å²) in [6.07, 6.45) is 4.98. The molecule has 1 aromatic carbocycles. The van der Waals surface area contributed by atoms with E-state index in [4.69, 9.17) is 23.2 Å². The van der Waals surface area contributed by atoms with Gasteiger partial charge in [0.25, 0.3) is 5.91 Å². The third-order valence-corrected chi connectivity index (χ3v) is 6.68. The topological polar surface area (TPSA) is 104 Å². The Morgan fingerprint density at radius 2 is 1.97 bits per heavy atom. The Hall–Kier alpha value is -2.92. The highest BCUT2D eigenvalue weighted by molar-refractivity contribution is 6.42. The lowest BCUT2D eigenvalue weighted by Crippen LogP contribution is -2.33. The summed E-state index contributed by atoms with van der Waals surface area (Å²) in [6, 6.07) is 11.0. The smallest absolute Gasteiger partial charge is 0.259 e. The van der Waals surface area contributed by atoms with Crippen molar-refractivity contribution < 1.29 is 9.90 Å². The number of hydrogen-bond donors (Lipinski definition) is 2. The highest BCUT2D eigenvalue weighted by Crippen LogP contribution is 2.38. The van der Waals surface area contributed by atoms with Gasteiger partial charge in [0, 0.05) is 0 Å². The van der Waals surface area contributed by atoms with Crippen molar-refractivity contribution in [2.75, 3.05) is 5.32 Å². The number of rotatable bonds is 4. The Morgan fingerprint density at radius 1 is 1.22 bits per heavy atom. The summed E-state index contributed by atoms with van der Waals surface area (Å²) in [5.74, 6) is -0.320. The van der Waals surface area contributed by atoms with E-state index in [2.05, 4.69) is 21.5 Å². The average Bonchev–Trinajstić information content (AvgIpc) is 3.18. The van der Waals surface area contributed by atoms with Crippen molar-refractivity contribution in [1.82, 2.24) is 14.8 Å². The van der Waals surface area contributed by atoms with Crippen LogP contribution in [0.5, 0.6) is 0 Å². The molecular weight excluding hydrogens is 449 g/mol. The third-order valence-electron chi connectivity index (χ3n) is 5.94. The van der Waals surface area contributed by atoms with Gasteiger partial charge in [-0.3, -0.25) is 9.78 Å². The molecule has 0 spiro atoms. The van der Waals surface area contributed by atoms with E-state index >= 15 is 0 Å². The number of hydrogen-bond acceptors (Lipinski definition) is 5. The van der Waals surface area contributed by atoms with Crippen LogP contribution in [-0.4, -0.2) is 31.9 Å². The van der Waals surface area contributed by atoms with Gasteiger partial charge in [0.1, 0.15) is 0 Å². The lowest BCUT2D eigenvalue weighted by Gasteiger charge is -2.32. The second-order valence-electron chi connectivity index (χ2n) is 7.97. The second-order valence-corrected chi connectivity index (χ2v) is 8.78. The van der Waals surface area contributed by atoms with Gasteiger partial charge >= 0.3 is 0 Å². The molecule has 2 aromatic heterocycles. The monoisotopic (exact) mass is 469 g/mol. The van der Waals surface area contributed by atoms with Gasteiger partial charge in [-0.05, 0) is 62.9 Å². The molecule has 164 valence electrons. The van der Waals surface area contributed by atoms with Gasteiger partial charge in [-0.25, -0.2) is 4.68 Å². The van der Waals surface area contributed by atoms with Crippen molar-refractivity contribution in [2.45, 2.75) is 44.1 Å². The molecule has 1 aliphatic rings. The maximum atomic E-state index is 12.8. The number of aromatic nitrogens is 3. The van der Waals surface area contributed by atoms with E-state index in [0.29, 0.717) is 64.1 Å². The molecule has 0 aliphatic heterocycles. The molecule has 0 radical (unpaired) electrons. The van der Waals surface area contributed by atoms with Crippen LogP contribution in [-0.2, 0) is 5.41 Å². The molecule has 1 fully saturated rings. The molecule has 1 aliphatic carbocycles. The summed E-state index contributed by atoms with van der Waals surface area (Å²) in [6.45, 7) is 1.79. The quantitative estimate of drug-likeness (QED) is 0.569. The molecule has 0 unspecified atom stereocenters. The first kappa shape index (κ1) is 22.3. The van der Waals surface area contributed by atoms with E-state index in [1.54, 1.807) is 48.1 Å². The van der Waals surface area contributed by atoms with Gasteiger partial charge in [0.2, 0.25) is 0 Å². The lowest BCUT2D eigenvalue weighted by atomic mass is 9.72. The fourth-order valence-electron chi connectivity index (χ4n) is 3.98. The average molecular weight is 470 g/mol. The van der Waals surface area contributed by atoms with Gasteiger partial charge in [-0.1, -0.05) is 23.2 Å². The van der Waals surface area contributed by atoms with E-state index in [-0.39, 0.29) is 12.0 Å². The van der Waals surface area contributed by atoms with Crippen molar-refractivity contribution in [3.05, 3.63) is 69.7 Å². The highest BCUT2D eigenvalue weighted by atomic mass is 35.5. The van der Waals surface area contributed by atoms with Crippen LogP contribution < -0.4 is 5.32 Å². The summed E-state index contributed by atoms with van der Waals surface area (Å²) >= 11 is 12.1. The first-order valence-corrected chi connectivity index (χ1v) is 11.0. The Balaban J connectivity index is 1.51. The van der Waals surface area contributed by atoms with E-state index in [9.17, 15) is 15.2 Å². The zero-order chi connectivity index (χ0) is 22.9. The molecule has 2 N–H and O–H groups in total. The number of nitrogens with one attached hydrogen (secondary N) is 1. The van der Waals surface area contributed by atoms with Crippen molar-refractivity contribution in [1.29, 1.82) is 5.26 Å². The number of carbonyl (C=O) groups is 1. The molecule has 1 saturated carbocycles. The number of carbonyl (C=O) groups excluding carboxylic acids is 1. The van der Waals surface area contributed by atoms with Crippen molar-refractivity contribution in [2.24, 2.45) is 0 Å². The van der Waals surface area contributed by atoms with Gasteiger partial charge in [0.05, 0.1) is 68.4 Å². The molecular formula is C23H21Cl2N5O2. The van der Waals surface area contributed by atoms with Crippen LogP contribution in [0.15, 0.2) is 42.7 Å². The first-order valence-electron chi connectivity index (χ1n) is 10.2. The van der Waals surface area contributed by atoms with Crippen LogP contribution in [0, 0.1) is 18.3 Å². The minimum Gasteiger partial charge on any atom is -0.393 e. The Labute approximate surface area is 195 Å². The largest absolute Gasteiger partial charge is 0.393 e. The fraction of sp³-hybridized carbons (Fsp3) is 0.304. The van der Waals surface area contributed by atoms with Crippen molar-refractivity contribution in [3.63, 3.8) is 0 Å². The molecule has 1 amide bonds. The van der Waals surface area contributed by atoms with E-state index in [1.165, 1.54) is 6.20 Å². The summed E-state index contributed by atoms with van der Waals surface area (Å²) < 4.78 is 1.62. The number of halogens is 2. The van der Waals surface area contributed by atoms with Gasteiger partial charge in [0.15, 0.2) is 0 Å². The second kappa shape index (κ2) is 8.91. The number of nitriles is 1. The van der Waals surface area contributed by atoms with E-state index in [1.807, 2.05) is 0 Å². The number of benzene rings is 1. The number of aliphatic hydroxyl groups is 1. The van der Waals surface area contributed by atoms with Gasteiger partial charge in [-0.2, -0.15) is 10.4 Å². The number of aliphatic hydroxyl groups excluding tert-OH is 1. The third kappa shape index (κ3) is 4.22. The minimum atomic E-state index is -0.695. The summed E-state index contributed by atoms with van der Waals surface area (Å²) in [5, 5.41) is 27.5. The van der Waals surface area contributed by atoms with Gasteiger partial charge < -0.3 is 10.4 Å². The molecule has 32 heavy (non-hydrogen) atoms. The molecule has 0 saturated heterocycles. The lowest BCUT2D eigenvalue weighted by molar-refractivity contribution is 0.102. The predicted molar refractivity (Wildman–Crippen MR) is 122 cm³/mol. The number of nitrogens with zero attached hydrogens (tertiary/aromatic N) is 4. The number of amides is 1. The summed E-state index contributed by atoms with van der Waals surface area (Å²) in [5.41, 5.74) is 2.24. The fourth-order valence-corrected chi connectivity index (χ4v) is 4.27. The zero-order valence-electron chi connectivity index (χ0n) is 17.3. The molecule has 0 bridgehead atoms. The van der Waals surface area contributed by atoms with Crippen LogP contribution in [0.3, 0.4) is 0 Å². The summed E-state index contributed by atoms with van der Waals surface area (Å²) in [4.78, 5) is 17.3. The van der Waals surface area contributed by atoms with E-state index < -0.39 is 5.41 Å². The van der Waals surface area contributed by atoms with Crippen molar-refractivity contribution >= 4 is 34.8 Å². The molecule has 9 heteroatoms. The number of pyridine rings is 1. The van der Waals surface area contributed by atoms with Gasteiger partial charge in [-0.15, -0.1) is 0 Å². The Kier molecular flexibility index (Phi) is 6.20. The standard InChI is InChI=1S/C23H21Cl2N5O2/c1-14-18(12-28-30(14)16-3-4-19(24)20(25)10-16)22(32)29-15-2-5-21(27-11-15)23(13-26)8-6-17(31)7-9-23/h2-5,10-12,17,31H,6-9H2,1H3,(H,29,32)/t17-,23-. The Bertz CT molecular complexity index is 1190. The first-order chi connectivity index (χ1) is 15.3. The zero-order valence-corrected chi connectivity index (χ0v) is 18.9. The SMILES string of the molecule is Cc1c(C(=O)Nc2ccc([C@]3(C#N)CC[C@@H](O)CC3)nc2)cnn1-c1ccc(Cl)c(Cl)c1. The molecule has 4 rings (SSSR count). The molecule has 7 nitrogen and oxygen atoms in total. The van der Waals surface area contributed by atoms with Crippen molar-refractivity contribution in [3.8, 4) is 11.8 Å². The highest BCUT2D eigenvalue weighted by Gasteiger charge is 2.37. The maximum Gasteiger partial charge on any atom is 0.259 e. The maximum absolute atomic E-state index is 12.8. The summed E-state index contributed by atoms with van der Waals surface area (Å²) in [7, 11) is 0. The minimum absolute atomic E-state index is 0.320. The van der Waals surface area contributed by atoms with Crippen LogP contribution in [0.4, 0.5) is 5.69 Å². The molecule has 0 atom stereocenters.